The molecule has 0 saturated carbocycles. The Morgan fingerprint density at radius 1 is 0.509 bits per heavy atom. The van der Waals surface area contributed by atoms with Gasteiger partial charge < -0.3 is 19.3 Å². The van der Waals surface area contributed by atoms with E-state index in [1.165, 1.54) is 122 Å². The van der Waals surface area contributed by atoms with Gasteiger partial charge in [-0.2, -0.15) is 0 Å². The van der Waals surface area contributed by atoms with Crippen LogP contribution in [0.2, 0.25) is 0 Å². The highest BCUT2D eigenvalue weighted by Gasteiger charge is 2.22. The van der Waals surface area contributed by atoms with Crippen LogP contribution in [-0.2, 0) is 28.2 Å². The summed E-state index contributed by atoms with van der Waals surface area (Å²) in [6, 6.07) is 0. The number of carbonyl (C=O) groups is 2. The summed E-state index contributed by atoms with van der Waals surface area (Å²) in [6.45, 7) is 3.56. The zero-order chi connectivity index (χ0) is 38.9. The number of phosphoric acid groups is 1. The molecule has 1 atom stereocenters. The van der Waals surface area contributed by atoms with Gasteiger partial charge in [0.25, 0.3) is 0 Å². The molecule has 0 aromatic carbocycles. The maximum atomic E-state index is 12.4. The maximum Gasteiger partial charge on any atom is 0.469 e. The van der Waals surface area contributed by atoms with Gasteiger partial charge in [-0.1, -0.05) is 192 Å². The fourth-order valence-electron chi connectivity index (χ4n) is 6.21. The second-order valence-electron chi connectivity index (χ2n) is 14.6. The fourth-order valence-corrected chi connectivity index (χ4v) is 6.57. The highest BCUT2D eigenvalue weighted by atomic mass is 31.2. The number of carbonyl (C=O) groups excluding carboxylic acids is 2. The third-order valence-electron chi connectivity index (χ3n) is 9.42. The van der Waals surface area contributed by atoms with E-state index in [1.807, 2.05) is 0 Å². The van der Waals surface area contributed by atoms with Gasteiger partial charge in [0, 0.05) is 12.8 Å². The minimum Gasteiger partial charge on any atom is -0.462 e. The van der Waals surface area contributed by atoms with Crippen molar-refractivity contribution in [1.29, 1.82) is 0 Å². The summed E-state index contributed by atoms with van der Waals surface area (Å²) >= 11 is 0. The van der Waals surface area contributed by atoms with Crippen molar-refractivity contribution in [2.45, 2.75) is 219 Å². The van der Waals surface area contributed by atoms with Crippen molar-refractivity contribution in [3.05, 3.63) is 36.5 Å². The summed E-state index contributed by atoms with van der Waals surface area (Å²) in [5, 5.41) is 0. The predicted octanol–water partition coefficient (Wildman–Crippen LogP) is 13.4. The number of hydrogen-bond donors (Lipinski definition) is 2. The van der Waals surface area contributed by atoms with Crippen molar-refractivity contribution in [3.63, 3.8) is 0 Å². The molecule has 0 spiro atoms. The molecule has 0 aromatic rings. The lowest BCUT2D eigenvalue weighted by atomic mass is 10.0. The largest absolute Gasteiger partial charge is 0.469 e. The van der Waals surface area contributed by atoms with E-state index in [0.717, 1.165) is 57.8 Å². The van der Waals surface area contributed by atoms with Crippen LogP contribution in [-0.4, -0.2) is 41.0 Å². The Bertz CT molecular complexity index is 957. The van der Waals surface area contributed by atoms with Crippen LogP contribution in [0.1, 0.15) is 213 Å². The Labute approximate surface area is 325 Å². The normalized spacial score (nSPS) is 12.8. The molecule has 310 valence electrons. The van der Waals surface area contributed by atoms with Gasteiger partial charge in [0.1, 0.15) is 6.61 Å². The van der Waals surface area contributed by atoms with E-state index in [9.17, 15) is 14.2 Å². The van der Waals surface area contributed by atoms with Crippen molar-refractivity contribution >= 4 is 19.8 Å². The zero-order valence-corrected chi connectivity index (χ0v) is 35.1. The summed E-state index contributed by atoms with van der Waals surface area (Å²) in [5.74, 6) is -0.912. The standard InChI is InChI=1S/C44H81O8P/c1-3-5-7-9-11-13-15-17-18-19-20-21-22-23-24-25-27-28-30-32-34-36-38-43(45)50-40-42(41-51-53(47,48)49)52-44(46)39-37-35-33-31-29-26-16-14-12-10-8-6-4-2/h6,8,12,14,26,29,42H,3-5,7,9-11,13,15-25,27-28,30-41H2,1-2H3,(H2,47,48,49)/b8-6-,14-12-,29-26-. The monoisotopic (exact) mass is 769 g/mol. The van der Waals surface area contributed by atoms with E-state index in [2.05, 4.69) is 54.8 Å². The van der Waals surface area contributed by atoms with Gasteiger partial charge in [0.05, 0.1) is 6.61 Å². The lowest BCUT2D eigenvalue weighted by molar-refractivity contribution is -0.161. The Balaban J connectivity index is 3.83. The van der Waals surface area contributed by atoms with Crippen LogP contribution in [0.15, 0.2) is 36.5 Å². The van der Waals surface area contributed by atoms with Crippen LogP contribution >= 0.6 is 7.82 Å². The van der Waals surface area contributed by atoms with Crippen molar-refractivity contribution in [2.75, 3.05) is 13.2 Å². The van der Waals surface area contributed by atoms with E-state index in [-0.39, 0.29) is 19.4 Å². The second kappa shape index (κ2) is 39.9. The molecule has 0 radical (unpaired) electrons. The molecule has 0 aliphatic heterocycles. The number of unbranched alkanes of at least 4 members (excludes halogenated alkanes) is 24. The minimum atomic E-state index is -4.76. The van der Waals surface area contributed by atoms with Gasteiger partial charge in [-0.05, 0) is 44.9 Å². The lowest BCUT2D eigenvalue weighted by Crippen LogP contribution is -2.29. The topological polar surface area (TPSA) is 119 Å². The van der Waals surface area contributed by atoms with Crippen LogP contribution in [0.3, 0.4) is 0 Å². The molecule has 2 N–H and O–H groups in total. The van der Waals surface area contributed by atoms with E-state index >= 15 is 0 Å². The summed E-state index contributed by atoms with van der Waals surface area (Å²) in [6.07, 6.45) is 47.4. The highest BCUT2D eigenvalue weighted by Crippen LogP contribution is 2.36. The molecule has 8 nitrogen and oxygen atoms in total. The minimum absolute atomic E-state index is 0.178. The average Bonchev–Trinajstić information content (AvgIpc) is 3.13. The molecule has 0 rings (SSSR count). The summed E-state index contributed by atoms with van der Waals surface area (Å²) in [4.78, 5) is 42.8. The SMILES string of the molecule is CC/C=C\C/C=C\C/C=C\CCCCCC(=O)OC(COC(=O)CCCCCCCCCCCCCCCCCCCCCCCC)COP(=O)(O)O. The molecule has 0 heterocycles. The maximum absolute atomic E-state index is 12.4. The molecule has 53 heavy (non-hydrogen) atoms. The predicted molar refractivity (Wildman–Crippen MR) is 221 cm³/mol. The van der Waals surface area contributed by atoms with E-state index in [1.54, 1.807) is 0 Å². The second-order valence-corrected chi connectivity index (χ2v) is 15.9. The summed E-state index contributed by atoms with van der Waals surface area (Å²) in [7, 11) is -4.76. The van der Waals surface area contributed by atoms with Gasteiger partial charge in [-0.15, -0.1) is 0 Å². The molecular formula is C44H81O8P. The molecule has 0 saturated heterocycles. The van der Waals surface area contributed by atoms with Crippen molar-refractivity contribution in [3.8, 4) is 0 Å². The van der Waals surface area contributed by atoms with Crippen molar-refractivity contribution < 1.29 is 37.9 Å². The first kappa shape index (κ1) is 51.3. The zero-order valence-electron chi connectivity index (χ0n) is 34.2. The summed E-state index contributed by atoms with van der Waals surface area (Å²) < 4.78 is 26.4. The van der Waals surface area contributed by atoms with Crippen LogP contribution in [0.4, 0.5) is 0 Å². The number of rotatable bonds is 40. The van der Waals surface area contributed by atoms with Crippen molar-refractivity contribution in [1.82, 2.24) is 0 Å². The van der Waals surface area contributed by atoms with E-state index in [0.29, 0.717) is 6.42 Å². The molecule has 0 aliphatic carbocycles. The average molecular weight is 769 g/mol. The van der Waals surface area contributed by atoms with Gasteiger partial charge >= 0.3 is 19.8 Å². The molecule has 0 aliphatic rings. The summed E-state index contributed by atoms with van der Waals surface area (Å²) in [5.41, 5.74) is 0. The van der Waals surface area contributed by atoms with Crippen LogP contribution in [0.5, 0.6) is 0 Å². The number of ether oxygens (including phenoxy) is 2. The molecule has 0 bridgehead atoms. The van der Waals surface area contributed by atoms with E-state index < -0.39 is 32.5 Å². The molecule has 0 fully saturated rings. The van der Waals surface area contributed by atoms with E-state index in [4.69, 9.17) is 19.3 Å². The van der Waals surface area contributed by atoms with Crippen molar-refractivity contribution in [2.24, 2.45) is 0 Å². The third-order valence-corrected chi connectivity index (χ3v) is 9.91. The quantitative estimate of drug-likeness (QED) is 0.0274. The smallest absolute Gasteiger partial charge is 0.462 e. The van der Waals surface area contributed by atoms with Crippen LogP contribution in [0, 0.1) is 0 Å². The molecule has 9 heteroatoms. The number of hydrogen-bond acceptors (Lipinski definition) is 6. The van der Waals surface area contributed by atoms with Crippen LogP contribution < -0.4 is 0 Å². The van der Waals surface area contributed by atoms with Crippen LogP contribution in [0.25, 0.3) is 0 Å². The number of esters is 2. The third kappa shape index (κ3) is 42.9. The van der Waals surface area contributed by atoms with Gasteiger partial charge in [-0.3, -0.25) is 14.1 Å². The molecular weight excluding hydrogens is 687 g/mol. The first-order valence-corrected chi connectivity index (χ1v) is 23.3. The van der Waals surface area contributed by atoms with Gasteiger partial charge in [0.2, 0.25) is 0 Å². The lowest BCUT2D eigenvalue weighted by Gasteiger charge is -2.18. The Morgan fingerprint density at radius 3 is 1.36 bits per heavy atom. The Morgan fingerprint density at radius 2 is 0.906 bits per heavy atom. The first-order chi connectivity index (χ1) is 25.8. The highest BCUT2D eigenvalue weighted by molar-refractivity contribution is 7.46. The van der Waals surface area contributed by atoms with Gasteiger partial charge in [0.15, 0.2) is 6.10 Å². The molecule has 1 unspecified atom stereocenters. The fraction of sp³-hybridized carbons (Fsp3) is 0.818. The Hall–Kier alpha value is -1.73. The number of phosphoric ester groups is 1. The van der Waals surface area contributed by atoms with Gasteiger partial charge in [-0.25, -0.2) is 4.57 Å². The number of allylic oxidation sites excluding steroid dienone is 6. The molecule has 0 amide bonds. The first-order valence-electron chi connectivity index (χ1n) is 21.8. The Kier molecular flexibility index (Phi) is 38.6. The molecule has 0 aromatic heterocycles.